The van der Waals surface area contributed by atoms with Crippen LogP contribution in [0.15, 0.2) is 9.90 Å². The average molecular weight is 374 g/mol. The second-order valence-corrected chi connectivity index (χ2v) is 8.77. The largest absolute Gasteiger partial charge is 0.361 e. The number of amides is 1. The second kappa shape index (κ2) is 6.82. The van der Waals surface area contributed by atoms with Gasteiger partial charge in [0.1, 0.15) is 5.76 Å². The van der Waals surface area contributed by atoms with Gasteiger partial charge in [0.2, 0.25) is 0 Å². The molecule has 2 aromatic heterocycles. The maximum atomic E-state index is 13.1. The molecule has 0 aromatic carbocycles. The Kier molecular flexibility index (Phi) is 4.65. The van der Waals surface area contributed by atoms with Crippen molar-refractivity contribution in [2.75, 3.05) is 6.54 Å². The predicted octanol–water partition coefficient (Wildman–Crippen LogP) is 3.92. The Morgan fingerprint density at radius 1 is 1.31 bits per heavy atom. The Balaban J connectivity index is 1.51. The molecule has 0 radical (unpaired) electrons. The Labute approximate surface area is 159 Å². The molecule has 2 aliphatic heterocycles. The van der Waals surface area contributed by atoms with Crippen LogP contribution in [0, 0.1) is 13.8 Å². The van der Waals surface area contributed by atoms with Gasteiger partial charge in [-0.05, 0) is 52.5 Å². The van der Waals surface area contributed by atoms with Crippen molar-refractivity contribution in [3.8, 4) is 0 Å². The van der Waals surface area contributed by atoms with E-state index in [1.165, 1.54) is 16.0 Å². The van der Waals surface area contributed by atoms with Gasteiger partial charge in [-0.1, -0.05) is 5.16 Å². The van der Waals surface area contributed by atoms with E-state index in [0.717, 1.165) is 55.9 Å². The molecular formula is C20H27N3O2S. The third-order valence-corrected chi connectivity index (χ3v) is 7.02. The Morgan fingerprint density at radius 2 is 2.04 bits per heavy atom. The summed E-state index contributed by atoms with van der Waals surface area (Å²) >= 11 is 1.74. The highest BCUT2D eigenvalue weighted by Crippen LogP contribution is 2.33. The van der Waals surface area contributed by atoms with Gasteiger partial charge in [-0.2, -0.15) is 0 Å². The lowest BCUT2D eigenvalue weighted by Gasteiger charge is -2.29. The second-order valence-electron chi connectivity index (χ2n) is 7.80. The van der Waals surface area contributed by atoms with Gasteiger partial charge in [0.15, 0.2) is 0 Å². The summed E-state index contributed by atoms with van der Waals surface area (Å²) in [5.74, 6) is 1.14. The lowest BCUT2D eigenvalue weighted by Crippen LogP contribution is -2.39. The van der Waals surface area contributed by atoms with Crippen LogP contribution in [-0.2, 0) is 19.5 Å². The molecule has 6 heteroatoms. The molecule has 26 heavy (non-hydrogen) atoms. The number of thiophene rings is 1. The van der Waals surface area contributed by atoms with Crippen LogP contribution in [0.4, 0.5) is 0 Å². The molecule has 4 rings (SSSR count). The van der Waals surface area contributed by atoms with Crippen molar-refractivity contribution < 1.29 is 9.32 Å². The third kappa shape index (κ3) is 2.99. The molecular weight excluding hydrogens is 346 g/mol. The molecule has 2 aliphatic rings. The molecule has 0 unspecified atom stereocenters. The summed E-state index contributed by atoms with van der Waals surface area (Å²) in [6.07, 6.45) is 3.18. The van der Waals surface area contributed by atoms with Crippen LogP contribution in [-0.4, -0.2) is 39.5 Å². The van der Waals surface area contributed by atoms with E-state index in [-0.39, 0.29) is 5.91 Å². The van der Waals surface area contributed by atoms with Gasteiger partial charge < -0.3 is 9.42 Å². The van der Waals surface area contributed by atoms with Crippen LogP contribution in [0.2, 0.25) is 0 Å². The van der Waals surface area contributed by atoms with Crippen molar-refractivity contribution in [1.82, 2.24) is 15.0 Å². The topological polar surface area (TPSA) is 49.6 Å². The van der Waals surface area contributed by atoms with Crippen LogP contribution in [0.3, 0.4) is 0 Å². The van der Waals surface area contributed by atoms with Gasteiger partial charge in [-0.3, -0.25) is 9.69 Å². The number of carbonyl (C=O) groups excluding carboxylic acids is 1. The molecule has 4 heterocycles. The molecule has 140 valence electrons. The first kappa shape index (κ1) is 17.7. The normalized spacial score (nSPS) is 23.5. The summed E-state index contributed by atoms with van der Waals surface area (Å²) < 4.78 is 5.29. The van der Waals surface area contributed by atoms with Gasteiger partial charge >= 0.3 is 0 Å². The number of nitrogens with zero attached hydrogens (tertiary/aromatic N) is 3. The van der Waals surface area contributed by atoms with Crippen molar-refractivity contribution in [3.63, 3.8) is 0 Å². The molecule has 1 saturated heterocycles. The minimum atomic E-state index is 0.235. The Hall–Kier alpha value is -1.66. The number of rotatable bonds is 3. The quantitative estimate of drug-likeness (QED) is 0.818. The summed E-state index contributed by atoms with van der Waals surface area (Å²) in [6, 6.07) is 0.709. The lowest BCUT2D eigenvalue weighted by atomic mass is 10.0. The fourth-order valence-corrected chi connectivity index (χ4v) is 5.50. The number of carbonyl (C=O) groups is 1. The summed E-state index contributed by atoms with van der Waals surface area (Å²) in [5.41, 5.74) is 4.40. The Morgan fingerprint density at radius 3 is 2.69 bits per heavy atom. The molecule has 1 fully saturated rings. The standard InChI is InChI=1S/C20H27N3O2S/c1-12-5-6-13(2)23(12)20(24)18-11-26-19-10-22(8-7-16(18)19)9-17-14(3)21-25-15(17)4/h11-13H,5-10H2,1-4H3/t12-,13+. The van der Waals surface area contributed by atoms with E-state index < -0.39 is 0 Å². The van der Waals surface area contributed by atoms with Crippen molar-refractivity contribution >= 4 is 17.2 Å². The van der Waals surface area contributed by atoms with Crippen LogP contribution in [0.5, 0.6) is 0 Å². The highest BCUT2D eigenvalue weighted by atomic mass is 32.1. The van der Waals surface area contributed by atoms with Crippen LogP contribution >= 0.6 is 11.3 Å². The lowest BCUT2D eigenvalue weighted by molar-refractivity contribution is 0.0691. The molecule has 1 amide bonds. The zero-order valence-corrected chi connectivity index (χ0v) is 16.9. The summed E-state index contributed by atoms with van der Waals surface area (Å²) in [5, 5.41) is 6.15. The van der Waals surface area contributed by atoms with Crippen molar-refractivity contribution in [2.45, 2.75) is 72.1 Å². The van der Waals surface area contributed by atoms with Crippen molar-refractivity contribution in [3.05, 3.63) is 38.4 Å². The van der Waals surface area contributed by atoms with E-state index in [1.807, 2.05) is 13.8 Å². The fourth-order valence-electron chi connectivity index (χ4n) is 4.38. The van der Waals surface area contributed by atoms with Gasteiger partial charge in [0, 0.05) is 47.5 Å². The summed E-state index contributed by atoms with van der Waals surface area (Å²) in [4.78, 5) is 19.0. The van der Waals surface area contributed by atoms with Crippen molar-refractivity contribution in [2.24, 2.45) is 0 Å². The molecule has 2 atom stereocenters. The van der Waals surface area contributed by atoms with E-state index in [1.54, 1.807) is 11.3 Å². The van der Waals surface area contributed by atoms with Gasteiger partial charge in [0.25, 0.3) is 5.91 Å². The monoisotopic (exact) mass is 373 g/mol. The molecule has 5 nitrogen and oxygen atoms in total. The number of hydrogen-bond donors (Lipinski definition) is 0. The maximum absolute atomic E-state index is 13.1. The first-order chi connectivity index (χ1) is 12.5. The number of aryl methyl sites for hydroxylation is 2. The van der Waals surface area contributed by atoms with E-state index in [4.69, 9.17) is 4.52 Å². The number of aromatic nitrogens is 1. The first-order valence-corrected chi connectivity index (χ1v) is 10.4. The van der Waals surface area contributed by atoms with Gasteiger partial charge in [0.05, 0.1) is 11.3 Å². The average Bonchev–Trinajstić information content (AvgIpc) is 3.28. The van der Waals surface area contributed by atoms with E-state index in [9.17, 15) is 4.79 Å². The molecule has 0 spiro atoms. The number of fused-ring (bicyclic) bond motifs is 1. The van der Waals surface area contributed by atoms with Crippen LogP contribution < -0.4 is 0 Å². The van der Waals surface area contributed by atoms with Crippen LogP contribution in [0.25, 0.3) is 0 Å². The SMILES string of the molecule is Cc1noc(C)c1CN1CCc2c(C(=O)N3[C@H](C)CC[C@@H]3C)csc2C1. The number of hydrogen-bond acceptors (Lipinski definition) is 5. The summed E-state index contributed by atoms with van der Waals surface area (Å²) in [6.45, 7) is 11.1. The van der Waals surface area contributed by atoms with Gasteiger partial charge in [-0.25, -0.2) is 0 Å². The van der Waals surface area contributed by atoms with E-state index in [0.29, 0.717) is 12.1 Å². The predicted molar refractivity (Wildman–Crippen MR) is 102 cm³/mol. The van der Waals surface area contributed by atoms with Crippen LogP contribution in [0.1, 0.15) is 64.5 Å². The number of likely N-dealkylation sites (tertiary alicyclic amines) is 1. The van der Waals surface area contributed by atoms with Gasteiger partial charge in [-0.15, -0.1) is 11.3 Å². The smallest absolute Gasteiger partial charge is 0.255 e. The minimum absolute atomic E-state index is 0.235. The van der Waals surface area contributed by atoms with E-state index >= 15 is 0 Å². The van der Waals surface area contributed by atoms with E-state index in [2.05, 4.69) is 34.2 Å². The maximum Gasteiger partial charge on any atom is 0.255 e. The zero-order chi connectivity index (χ0) is 18.4. The Bertz CT molecular complexity index is 796. The first-order valence-electron chi connectivity index (χ1n) is 9.51. The highest BCUT2D eigenvalue weighted by molar-refractivity contribution is 7.10. The molecule has 0 aliphatic carbocycles. The van der Waals surface area contributed by atoms with Crippen molar-refractivity contribution in [1.29, 1.82) is 0 Å². The fraction of sp³-hybridized carbons (Fsp3) is 0.600. The molecule has 0 N–H and O–H groups in total. The summed E-state index contributed by atoms with van der Waals surface area (Å²) in [7, 11) is 0. The third-order valence-electron chi connectivity index (χ3n) is 6.01. The molecule has 0 saturated carbocycles. The molecule has 2 aromatic rings. The molecule has 0 bridgehead atoms. The minimum Gasteiger partial charge on any atom is -0.361 e. The highest BCUT2D eigenvalue weighted by Gasteiger charge is 2.34. The zero-order valence-electron chi connectivity index (χ0n) is 16.0.